The van der Waals surface area contributed by atoms with Crippen molar-refractivity contribution in [3.8, 4) is 5.82 Å². The van der Waals surface area contributed by atoms with Gasteiger partial charge in [-0.1, -0.05) is 13.3 Å². The molecule has 5 heteroatoms. The minimum absolute atomic E-state index is 0.429. The zero-order valence-corrected chi connectivity index (χ0v) is 11.9. The summed E-state index contributed by atoms with van der Waals surface area (Å²) in [5, 5.41) is 16.3. The quantitative estimate of drug-likeness (QED) is 0.868. The van der Waals surface area contributed by atoms with E-state index in [1.54, 1.807) is 6.20 Å². The maximum atomic E-state index is 4.54. The van der Waals surface area contributed by atoms with E-state index in [1.807, 2.05) is 23.0 Å². The van der Waals surface area contributed by atoms with Crippen molar-refractivity contribution >= 4 is 0 Å². The average molecular weight is 271 g/mol. The molecule has 106 valence electrons. The van der Waals surface area contributed by atoms with Gasteiger partial charge in [-0.3, -0.25) is 0 Å². The number of fused-ring (bicyclic) bond motifs is 1. The van der Waals surface area contributed by atoms with E-state index < -0.39 is 0 Å². The highest BCUT2D eigenvalue weighted by Crippen LogP contribution is 2.29. The van der Waals surface area contributed by atoms with E-state index in [-0.39, 0.29) is 0 Å². The van der Waals surface area contributed by atoms with Gasteiger partial charge in [0.25, 0.3) is 0 Å². The summed E-state index contributed by atoms with van der Waals surface area (Å²) in [6.07, 6.45) is 9.58. The lowest BCUT2D eigenvalue weighted by atomic mass is 10.1. The van der Waals surface area contributed by atoms with Gasteiger partial charge < -0.3 is 5.32 Å². The minimum Gasteiger partial charge on any atom is -0.310 e. The Hall–Kier alpha value is -1.75. The van der Waals surface area contributed by atoms with Gasteiger partial charge in [0, 0.05) is 17.8 Å². The summed E-state index contributed by atoms with van der Waals surface area (Å²) in [6.45, 7) is 3.26. The Kier molecular flexibility index (Phi) is 4.06. The van der Waals surface area contributed by atoms with Crippen molar-refractivity contribution in [1.82, 2.24) is 25.3 Å². The van der Waals surface area contributed by atoms with Crippen LogP contribution in [0.2, 0.25) is 0 Å². The van der Waals surface area contributed by atoms with Crippen molar-refractivity contribution in [2.24, 2.45) is 0 Å². The SMILES string of the molecule is CCCNC1CCCCc2c1cnn2-c1cccnn1. The fourth-order valence-electron chi connectivity index (χ4n) is 2.86. The third kappa shape index (κ3) is 2.58. The molecule has 20 heavy (non-hydrogen) atoms. The van der Waals surface area contributed by atoms with Crippen LogP contribution in [0.5, 0.6) is 0 Å². The number of hydrogen-bond donors (Lipinski definition) is 1. The Labute approximate surface area is 119 Å². The maximum Gasteiger partial charge on any atom is 0.175 e. The molecule has 1 aliphatic carbocycles. The van der Waals surface area contributed by atoms with Crippen LogP contribution in [0.3, 0.4) is 0 Å². The molecule has 0 saturated heterocycles. The number of nitrogens with zero attached hydrogens (tertiary/aromatic N) is 4. The maximum absolute atomic E-state index is 4.54. The van der Waals surface area contributed by atoms with Gasteiger partial charge in [0.15, 0.2) is 5.82 Å². The Balaban J connectivity index is 1.94. The molecule has 1 aliphatic rings. The zero-order chi connectivity index (χ0) is 13.8. The van der Waals surface area contributed by atoms with Crippen LogP contribution in [-0.2, 0) is 6.42 Å². The summed E-state index contributed by atoms with van der Waals surface area (Å²) in [5.74, 6) is 0.810. The van der Waals surface area contributed by atoms with Gasteiger partial charge in [-0.2, -0.15) is 10.2 Å². The average Bonchev–Trinajstić information content (AvgIpc) is 2.81. The Morgan fingerprint density at radius 2 is 2.35 bits per heavy atom. The molecule has 1 atom stereocenters. The first kappa shape index (κ1) is 13.2. The van der Waals surface area contributed by atoms with E-state index >= 15 is 0 Å². The minimum atomic E-state index is 0.429. The van der Waals surface area contributed by atoms with Gasteiger partial charge in [0.05, 0.1) is 11.9 Å². The topological polar surface area (TPSA) is 55.6 Å². The predicted octanol–water partition coefficient (Wildman–Crippen LogP) is 2.43. The molecule has 0 aromatic carbocycles. The third-order valence-electron chi connectivity index (χ3n) is 3.85. The Morgan fingerprint density at radius 1 is 1.40 bits per heavy atom. The number of rotatable bonds is 4. The highest BCUT2D eigenvalue weighted by molar-refractivity contribution is 5.31. The predicted molar refractivity (Wildman–Crippen MR) is 77.7 cm³/mol. The second kappa shape index (κ2) is 6.13. The smallest absolute Gasteiger partial charge is 0.175 e. The van der Waals surface area contributed by atoms with Gasteiger partial charge in [0.1, 0.15) is 0 Å². The monoisotopic (exact) mass is 271 g/mol. The van der Waals surface area contributed by atoms with Crippen LogP contribution in [0.25, 0.3) is 5.82 Å². The lowest BCUT2D eigenvalue weighted by molar-refractivity contribution is 0.489. The molecule has 0 radical (unpaired) electrons. The van der Waals surface area contributed by atoms with Crippen LogP contribution in [0.4, 0.5) is 0 Å². The molecule has 0 amide bonds. The summed E-state index contributed by atoms with van der Waals surface area (Å²) < 4.78 is 1.95. The van der Waals surface area contributed by atoms with Gasteiger partial charge in [-0.15, -0.1) is 5.10 Å². The van der Waals surface area contributed by atoms with Crippen LogP contribution in [0.1, 0.15) is 49.9 Å². The summed E-state index contributed by atoms with van der Waals surface area (Å²) in [5.41, 5.74) is 2.62. The highest BCUT2D eigenvalue weighted by atomic mass is 15.3. The molecule has 2 heterocycles. The lowest BCUT2D eigenvalue weighted by Gasteiger charge is -2.16. The summed E-state index contributed by atoms with van der Waals surface area (Å²) in [6, 6.07) is 4.29. The molecule has 5 nitrogen and oxygen atoms in total. The van der Waals surface area contributed by atoms with Gasteiger partial charge in [-0.25, -0.2) is 4.68 Å². The first-order valence-electron chi connectivity index (χ1n) is 7.48. The van der Waals surface area contributed by atoms with Crippen LogP contribution in [0, 0.1) is 0 Å². The first-order chi connectivity index (χ1) is 9.90. The van der Waals surface area contributed by atoms with E-state index in [0.29, 0.717) is 6.04 Å². The molecule has 1 unspecified atom stereocenters. The van der Waals surface area contributed by atoms with E-state index in [9.17, 15) is 0 Å². The fraction of sp³-hybridized carbons (Fsp3) is 0.533. The van der Waals surface area contributed by atoms with Crippen molar-refractivity contribution < 1.29 is 0 Å². The van der Waals surface area contributed by atoms with E-state index in [4.69, 9.17) is 0 Å². The van der Waals surface area contributed by atoms with Crippen LogP contribution >= 0.6 is 0 Å². The first-order valence-corrected chi connectivity index (χ1v) is 7.48. The molecule has 0 aliphatic heterocycles. The molecule has 3 rings (SSSR count). The third-order valence-corrected chi connectivity index (χ3v) is 3.85. The largest absolute Gasteiger partial charge is 0.310 e. The normalized spacial score (nSPS) is 18.6. The van der Waals surface area contributed by atoms with Crippen molar-refractivity contribution in [3.63, 3.8) is 0 Å². The Bertz CT molecular complexity index is 549. The van der Waals surface area contributed by atoms with E-state index in [2.05, 4.69) is 27.5 Å². The fourth-order valence-corrected chi connectivity index (χ4v) is 2.86. The second-order valence-electron chi connectivity index (χ2n) is 5.29. The lowest BCUT2D eigenvalue weighted by Crippen LogP contribution is -2.22. The van der Waals surface area contributed by atoms with Crippen molar-refractivity contribution in [1.29, 1.82) is 0 Å². The van der Waals surface area contributed by atoms with Crippen molar-refractivity contribution in [3.05, 3.63) is 35.8 Å². The molecule has 0 fully saturated rings. The number of hydrogen-bond acceptors (Lipinski definition) is 4. The van der Waals surface area contributed by atoms with Crippen molar-refractivity contribution in [2.45, 2.75) is 45.1 Å². The number of aromatic nitrogens is 4. The molecule has 0 spiro atoms. The molecular weight excluding hydrogens is 250 g/mol. The molecule has 1 N–H and O–H groups in total. The van der Waals surface area contributed by atoms with E-state index in [1.165, 1.54) is 30.5 Å². The number of nitrogens with one attached hydrogen (secondary N) is 1. The molecule has 2 aromatic heterocycles. The van der Waals surface area contributed by atoms with E-state index in [0.717, 1.165) is 25.2 Å². The molecule has 0 saturated carbocycles. The molecule has 2 aromatic rings. The van der Waals surface area contributed by atoms with Gasteiger partial charge >= 0.3 is 0 Å². The highest BCUT2D eigenvalue weighted by Gasteiger charge is 2.23. The summed E-state index contributed by atoms with van der Waals surface area (Å²) in [7, 11) is 0. The van der Waals surface area contributed by atoms with Crippen LogP contribution in [0.15, 0.2) is 24.5 Å². The van der Waals surface area contributed by atoms with Gasteiger partial charge in [-0.05, 0) is 44.4 Å². The van der Waals surface area contributed by atoms with Gasteiger partial charge in [0.2, 0.25) is 0 Å². The van der Waals surface area contributed by atoms with Crippen LogP contribution < -0.4 is 5.32 Å². The standard InChI is InChI=1S/C15H21N5/c1-2-9-16-13-6-3-4-7-14-12(13)11-18-20(14)15-8-5-10-17-19-15/h5,8,10-11,13,16H,2-4,6-7,9H2,1H3. The van der Waals surface area contributed by atoms with Crippen LogP contribution in [-0.4, -0.2) is 26.5 Å². The van der Waals surface area contributed by atoms with Crippen molar-refractivity contribution in [2.75, 3.05) is 6.54 Å². The molecular formula is C15H21N5. The summed E-state index contributed by atoms with van der Waals surface area (Å²) >= 11 is 0. The molecule has 0 bridgehead atoms. The summed E-state index contributed by atoms with van der Waals surface area (Å²) in [4.78, 5) is 0. The Morgan fingerprint density at radius 3 is 3.15 bits per heavy atom. The second-order valence-corrected chi connectivity index (χ2v) is 5.29. The zero-order valence-electron chi connectivity index (χ0n) is 11.9.